The van der Waals surface area contributed by atoms with E-state index < -0.39 is 11.7 Å². The predicted octanol–water partition coefficient (Wildman–Crippen LogP) is 4.27. The Balaban J connectivity index is 1.48. The molecule has 1 aromatic heterocycles. The van der Waals surface area contributed by atoms with E-state index in [1.807, 2.05) is 62.2 Å². The van der Waals surface area contributed by atoms with E-state index in [-0.39, 0.29) is 18.4 Å². The molecule has 0 bridgehead atoms. The molecule has 1 N–H and O–H groups in total. The summed E-state index contributed by atoms with van der Waals surface area (Å²) >= 11 is 1.54. The Kier molecular flexibility index (Phi) is 7.54. The molecule has 2 aromatic rings. The first kappa shape index (κ1) is 23.1. The van der Waals surface area contributed by atoms with Crippen LogP contribution in [0, 0.1) is 0 Å². The Morgan fingerprint density at radius 3 is 2.48 bits per heavy atom. The van der Waals surface area contributed by atoms with Crippen LogP contribution in [0.5, 0.6) is 5.75 Å². The Morgan fingerprint density at radius 2 is 1.87 bits per heavy atom. The van der Waals surface area contributed by atoms with Gasteiger partial charge in [0.15, 0.2) is 0 Å². The van der Waals surface area contributed by atoms with Crippen molar-refractivity contribution in [3.8, 4) is 16.3 Å². The largest absolute Gasteiger partial charge is 0.494 e. The third-order valence-electron chi connectivity index (χ3n) is 4.86. The van der Waals surface area contributed by atoms with Gasteiger partial charge in [-0.2, -0.15) is 0 Å². The minimum absolute atomic E-state index is 0.0319. The number of carbonyl (C=O) groups excluding carboxylic acids is 2. The van der Waals surface area contributed by atoms with Gasteiger partial charge in [-0.25, -0.2) is 9.78 Å². The molecular formula is C23H31N3O4S. The van der Waals surface area contributed by atoms with Gasteiger partial charge in [0.25, 0.3) is 0 Å². The summed E-state index contributed by atoms with van der Waals surface area (Å²) in [6.45, 7) is 9.36. The van der Waals surface area contributed by atoms with Gasteiger partial charge in [0, 0.05) is 30.1 Å². The number of thiazole rings is 1. The Morgan fingerprint density at radius 1 is 1.19 bits per heavy atom. The zero-order valence-corrected chi connectivity index (χ0v) is 19.5. The van der Waals surface area contributed by atoms with Crippen LogP contribution < -0.4 is 10.1 Å². The molecule has 2 heterocycles. The van der Waals surface area contributed by atoms with Gasteiger partial charge >= 0.3 is 6.09 Å². The average molecular weight is 446 g/mol. The fourth-order valence-corrected chi connectivity index (χ4v) is 4.22. The van der Waals surface area contributed by atoms with E-state index in [0.717, 1.165) is 34.9 Å². The number of hydrogen-bond acceptors (Lipinski definition) is 6. The number of ether oxygens (including phenoxy) is 2. The molecule has 0 spiro atoms. The van der Waals surface area contributed by atoms with Crippen LogP contribution in [0.15, 0.2) is 29.6 Å². The second-order valence-electron chi connectivity index (χ2n) is 8.58. The Bertz CT molecular complexity index is 881. The fourth-order valence-electron chi connectivity index (χ4n) is 3.40. The summed E-state index contributed by atoms with van der Waals surface area (Å²) in [6, 6.07) is 7.86. The highest BCUT2D eigenvalue weighted by Crippen LogP contribution is 2.26. The molecule has 1 aromatic carbocycles. The van der Waals surface area contributed by atoms with E-state index in [9.17, 15) is 9.59 Å². The highest BCUT2D eigenvalue weighted by Gasteiger charge is 2.26. The van der Waals surface area contributed by atoms with E-state index in [0.29, 0.717) is 19.7 Å². The van der Waals surface area contributed by atoms with Crippen molar-refractivity contribution in [1.29, 1.82) is 0 Å². The lowest BCUT2D eigenvalue weighted by Gasteiger charge is -2.32. The Hall–Kier alpha value is -2.61. The van der Waals surface area contributed by atoms with Crippen LogP contribution in [0.1, 0.15) is 46.2 Å². The first-order chi connectivity index (χ1) is 14.7. The van der Waals surface area contributed by atoms with Gasteiger partial charge in [-0.15, -0.1) is 11.3 Å². The van der Waals surface area contributed by atoms with Crippen LogP contribution in [-0.2, 0) is 16.0 Å². The van der Waals surface area contributed by atoms with Crippen molar-refractivity contribution in [3.05, 3.63) is 35.3 Å². The van der Waals surface area contributed by atoms with E-state index in [1.165, 1.54) is 11.3 Å². The van der Waals surface area contributed by atoms with Crippen molar-refractivity contribution in [2.45, 2.75) is 58.6 Å². The summed E-state index contributed by atoms with van der Waals surface area (Å²) in [6.07, 6.45) is 1.33. The second-order valence-corrected chi connectivity index (χ2v) is 9.44. The van der Waals surface area contributed by atoms with Gasteiger partial charge in [0.05, 0.1) is 18.7 Å². The molecular weight excluding hydrogens is 414 g/mol. The summed E-state index contributed by atoms with van der Waals surface area (Å²) in [5.41, 5.74) is 1.28. The third-order valence-corrected chi connectivity index (χ3v) is 5.81. The number of amides is 2. The average Bonchev–Trinajstić information content (AvgIpc) is 3.16. The van der Waals surface area contributed by atoms with Crippen molar-refractivity contribution in [3.63, 3.8) is 0 Å². The van der Waals surface area contributed by atoms with Crippen molar-refractivity contribution in [2.75, 3.05) is 19.7 Å². The zero-order chi connectivity index (χ0) is 22.4. The predicted molar refractivity (Wildman–Crippen MR) is 121 cm³/mol. The Labute approximate surface area is 187 Å². The summed E-state index contributed by atoms with van der Waals surface area (Å²) < 4.78 is 10.8. The number of rotatable bonds is 6. The number of nitrogens with zero attached hydrogens (tertiary/aromatic N) is 2. The molecule has 0 atom stereocenters. The molecule has 1 aliphatic heterocycles. The van der Waals surface area contributed by atoms with Crippen LogP contribution in [-0.4, -0.2) is 53.2 Å². The first-order valence-corrected chi connectivity index (χ1v) is 11.6. The molecule has 31 heavy (non-hydrogen) atoms. The van der Waals surface area contributed by atoms with Crippen molar-refractivity contribution < 1.29 is 19.1 Å². The van der Waals surface area contributed by atoms with Crippen LogP contribution in [0.25, 0.3) is 10.6 Å². The third kappa shape index (κ3) is 6.95. The molecule has 1 fully saturated rings. The number of hydrogen-bond donors (Lipinski definition) is 1. The maximum atomic E-state index is 12.7. The van der Waals surface area contributed by atoms with Crippen LogP contribution >= 0.6 is 11.3 Å². The minimum atomic E-state index is -0.515. The molecule has 0 saturated carbocycles. The number of nitrogens with one attached hydrogen (secondary N) is 1. The topological polar surface area (TPSA) is 80.8 Å². The molecule has 1 aliphatic rings. The van der Waals surface area contributed by atoms with Crippen LogP contribution in [0.4, 0.5) is 4.79 Å². The molecule has 8 heteroatoms. The molecule has 0 radical (unpaired) electrons. The minimum Gasteiger partial charge on any atom is -0.494 e. The number of aromatic nitrogens is 1. The lowest BCUT2D eigenvalue weighted by atomic mass is 10.0. The number of likely N-dealkylation sites (tertiary alicyclic amines) is 1. The molecule has 3 rings (SSSR count). The molecule has 168 valence electrons. The summed E-state index contributed by atoms with van der Waals surface area (Å²) in [5, 5.41) is 5.74. The smallest absolute Gasteiger partial charge is 0.407 e. The number of piperidine rings is 1. The molecule has 0 unspecified atom stereocenters. The molecule has 7 nitrogen and oxygen atoms in total. The van der Waals surface area contributed by atoms with Gasteiger partial charge in [-0.05, 0) is 64.8 Å². The van der Waals surface area contributed by atoms with Gasteiger partial charge in [0.2, 0.25) is 5.91 Å². The van der Waals surface area contributed by atoms with Gasteiger partial charge in [0.1, 0.15) is 16.4 Å². The number of benzene rings is 1. The van der Waals surface area contributed by atoms with E-state index in [4.69, 9.17) is 9.47 Å². The summed E-state index contributed by atoms with van der Waals surface area (Å²) in [4.78, 5) is 31.1. The SMILES string of the molecule is CCOc1ccc(-c2nc(CC(=O)N3CCC(NC(=O)OC(C)(C)C)CC3)cs2)cc1. The van der Waals surface area contributed by atoms with Gasteiger partial charge in [-0.3, -0.25) is 4.79 Å². The highest BCUT2D eigenvalue weighted by atomic mass is 32.1. The second kappa shape index (κ2) is 10.1. The lowest BCUT2D eigenvalue weighted by molar-refractivity contribution is -0.131. The standard InChI is InChI=1S/C23H31N3O4S/c1-5-29-19-8-6-16(7-9-19)21-24-18(15-31-21)14-20(27)26-12-10-17(11-13-26)25-22(28)30-23(2,3)4/h6-9,15,17H,5,10-14H2,1-4H3,(H,25,28). The van der Waals surface area contributed by atoms with Crippen molar-refractivity contribution in [2.24, 2.45) is 0 Å². The van der Waals surface area contributed by atoms with Gasteiger partial charge in [-0.1, -0.05) is 0 Å². The van der Waals surface area contributed by atoms with Crippen LogP contribution in [0.2, 0.25) is 0 Å². The summed E-state index contributed by atoms with van der Waals surface area (Å²) in [5.74, 6) is 0.905. The molecule has 1 saturated heterocycles. The fraction of sp³-hybridized carbons (Fsp3) is 0.522. The quantitative estimate of drug-likeness (QED) is 0.718. The number of alkyl carbamates (subject to hydrolysis) is 1. The lowest BCUT2D eigenvalue weighted by Crippen LogP contribution is -2.48. The monoisotopic (exact) mass is 445 g/mol. The number of carbonyl (C=O) groups is 2. The maximum absolute atomic E-state index is 12.7. The molecule has 2 amide bonds. The zero-order valence-electron chi connectivity index (χ0n) is 18.6. The van der Waals surface area contributed by atoms with E-state index >= 15 is 0 Å². The van der Waals surface area contributed by atoms with E-state index in [2.05, 4.69) is 10.3 Å². The first-order valence-electron chi connectivity index (χ1n) is 10.7. The van der Waals surface area contributed by atoms with Crippen molar-refractivity contribution in [1.82, 2.24) is 15.2 Å². The van der Waals surface area contributed by atoms with E-state index in [1.54, 1.807) is 0 Å². The maximum Gasteiger partial charge on any atom is 0.407 e. The summed E-state index contributed by atoms with van der Waals surface area (Å²) in [7, 11) is 0. The van der Waals surface area contributed by atoms with Gasteiger partial charge < -0.3 is 19.7 Å². The normalized spacial score (nSPS) is 14.9. The highest BCUT2D eigenvalue weighted by molar-refractivity contribution is 7.13. The molecule has 0 aliphatic carbocycles. The van der Waals surface area contributed by atoms with Crippen molar-refractivity contribution >= 4 is 23.3 Å². The van der Waals surface area contributed by atoms with Crippen LogP contribution in [0.3, 0.4) is 0 Å².